The maximum Gasteiger partial charge on any atom is 0.259 e. The summed E-state index contributed by atoms with van der Waals surface area (Å²) in [5.41, 5.74) is 6.18. The van der Waals surface area contributed by atoms with Crippen molar-refractivity contribution in [2.24, 2.45) is 11.7 Å². The molecule has 0 aliphatic carbocycles. The lowest BCUT2D eigenvalue weighted by atomic mass is 10.1. The average Bonchev–Trinajstić information content (AvgIpc) is 3.04. The highest BCUT2D eigenvalue weighted by molar-refractivity contribution is 9.10. The van der Waals surface area contributed by atoms with E-state index < -0.39 is 0 Å². The van der Waals surface area contributed by atoms with E-state index in [2.05, 4.69) is 20.9 Å². The molecule has 3 rings (SSSR count). The van der Waals surface area contributed by atoms with Crippen molar-refractivity contribution in [2.45, 2.75) is 6.42 Å². The predicted molar refractivity (Wildman–Crippen MR) is 106 cm³/mol. The lowest BCUT2D eigenvalue weighted by molar-refractivity contribution is 0.0784. The van der Waals surface area contributed by atoms with Gasteiger partial charge >= 0.3 is 0 Å². The summed E-state index contributed by atoms with van der Waals surface area (Å²) < 4.78 is 6.72. The van der Waals surface area contributed by atoms with Crippen molar-refractivity contribution in [2.75, 3.05) is 19.6 Å². The second-order valence-corrected chi connectivity index (χ2v) is 6.47. The van der Waals surface area contributed by atoms with Crippen LogP contribution in [0, 0.1) is 5.92 Å². The number of carbonyl (C=O) groups is 1. The van der Waals surface area contributed by atoms with Gasteiger partial charge in [0.1, 0.15) is 11.3 Å². The SMILES string of the molecule is Cl.Cl.NCC1CCN(C(=O)c2cccnc2Oc2cccc(Br)c2)C1. The molecule has 1 aromatic heterocycles. The largest absolute Gasteiger partial charge is 0.438 e. The van der Waals surface area contributed by atoms with Crippen LogP contribution in [0.5, 0.6) is 11.6 Å². The molecule has 2 aromatic rings. The molecule has 25 heavy (non-hydrogen) atoms. The van der Waals surface area contributed by atoms with E-state index in [0.29, 0.717) is 36.2 Å². The van der Waals surface area contributed by atoms with Gasteiger partial charge in [0.25, 0.3) is 5.91 Å². The number of pyridine rings is 1. The minimum absolute atomic E-state index is 0. The average molecular weight is 449 g/mol. The summed E-state index contributed by atoms with van der Waals surface area (Å²) in [5.74, 6) is 1.28. The van der Waals surface area contributed by atoms with E-state index in [1.54, 1.807) is 18.3 Å². The fourth-order valence-corrected chi connectivity index (χ4v) is 3.04. The van der Waals surface area contributed by atoms with Crippen LogP contribution in [-0.2, 0) is 0 Å². The number of rotatable bonds is 4. The Hall–Kier alpha value is -1.34. The lowest BCUT2D eigenvalue weighted by Crippen LogP contribution is -2.30. The Morgan fingerprint density at radius 3 is 2.80 bits per heavy atom. The molecule has 1 saturated heterocycles. The molecule has 8 heteroatoms. The fourth-order valence-electron chi connectivity index (χ4n) is 2.66. The molecular formula is C17H20BrCl2N3O2. The minimum Gasteiger partial charge on any atom is -0.438 e. The molecule has 1 aromatic carbocycles. The lowest BCUT2D eigenvalue weighted by Gasteiger charge is -2.18. The molecule has 0 saturated carbocycles. The Morgan fingerprint density at radius 2 is 2.12 bits per heavy atom. The highest BCUT2D eigenvalue weighted by Gasteiger charge is 2.28. The Labute approximate surface area is 167 Å². The van der Waals surface area contributed by atoms with Crippen LogP contribution in [0.25, 0.3) is 0 Å². The summed E-state index contributed by atoms with van der Waals surface area (Å²) >= 11 is 3.40. The van der Waals surface area contributed by atoms with Crippen LogP contribution in [0.3, 0.4) is 0 Å². The molecule has 0 radical (unpaired) electrons. The van der Waals surface area contributed by atoms with Gasteiger partial charge in [-0.15, -0.1) is 24.8 Å². The van der Waals surface area contributed by atoms with Crippen LogP contribution >= 0.6 is 40.7 Å². The quantitative estimate of drug-likeness (QED) is 0.769. The zero-order chi connectivity index (χ0) is 16.2. The monoisotopic (exact) mass is 447 g/mol. The molecule has 1 atom stereocenters. The molecule has 1 unspecified atom stereocenters. The van der Waals surface area contributed by atoms with Crippen molar-refractivity contribution in [3.63, 3.8) is 0 Å². The van der Waals surface area contributed by atoms with Gasteiger partial charge in [-0.2, -0.15) is 0 Å². The van der Waals surface area contributed by atoms with Crippen molar-refractivity contribution in [3.8, 4) is 11.6 Å². The van der Waals surface area contributed by atoms with Crippen molar-refractivity contribution in [1.82, 2.24) is 9.88 Å². The van der Waals surface area contributed by atoms with Gasteiger partial charge in [-0.25, -0.2) is 4.98 Å². The number of likely N-dealkylation sites (tertiary alicyclic amines) is 1. The molecule has 1 fully saturated rings. The van der Waals surface area contributed by atoms with Crippen LogP contribution in [0.2, 0.25) is 0 Å². The molecule has 0 bridgehead atoms. The van der Waals surface area contributed by atoms with Crippen LogP contribution in [-0.4, -0.2) is 35.4 Å². The van der Waals surface area contributed by atoms with Gasteiger partial charge in [0, 0.05) is 23.8 Å². The molecule has 0 spiro atoms. The van der Waals surface area contributed by atoms with Crippen LogP contribution in [0.1, 0.15) is 16.8 Å². The summed E-state index contributed by atoms with van der Waals surface area (Å²) in [6.07, 6.45) is 2.57. The highest BCUT2D eigenvalue weighted by Crippen LogP contribution is 2.27. The number of nitrogens with two attached hydrogens (primary N) is 1. The second kappa shape index (κ2) is 9.97. The van der Waals surface area contributed by atoms with Gasteiger partial charge in [0.05, 0.1) is 0 Å². The number of halogens is 3. The first kappa shape index (κ1) is 21.7. The third-order valence-corrected chi connectivity index (χ3v) is 4.41. The topological polar surface area (TPSA) is 68.5 Å². The predicted octanol–water partition coefficient (Wildman–Crippen LogP) is 3.90. The first-order valence-electron chi connectivity index (χ1n) is 7.55. The molecule has 1 aliphatic rings. The first-order valence-corrected chi connectivity index (χ1v) is 8.34. The number of carbonyl (C=O) groups excluding carboxylic acids is 1. The summed E-state index contributed by atoms with van der Waals surface area (Å²) in [4.78, 5) is 18.8. The Morgan fingerprint density at radius 1 is 1.32 bits per heavy atom. The maximum atomic E-state index is 12.7. The van der Waals surface area contributed by atoms with E-state index >= 15 is 0 Å². The normalized spacial score (nSPS) is 15.9. The Balaban J connectivity index is 0.00000156. The van der Waals surface area contributed by atoms with Crippen molar-refractivity contribution >= 4 is 46.7 Å². The van der Waals surface area contributed by atoms with E-state index in [-0.39, 0.29) is 30.7 Å². The Kier molecular flexibility index (Phi) is 8.65. The van der Waals surface area contributed by atoms with Crippen molar-refractivity contribution < 1.29 is 9.53 Å². The standard InChI is InChI=1S/C17H18BrN3O2.2ClH/c18-13-3-1-4-14(9-13)23-16-15(5-2-7-20-16)17(22)21-8-6-12(10-19)11-21;;/h1-5,7,9,12H,6,8,10-11,19H2;2*1H. The van der Waals surface area contributed by atoms with Gasteiger partial charge in [-0.3, -0.25) is 4.79 Å². The van der Waals surface area contributed by atoms with E-state index in [4.69, 9.17) is 10.5 Å². The van der Waals surface area contributed by atoms with Gasteiger partial charge in [-0.1, -0.05) is 22.0 Å². The molecule has 5 nitrogen and oxygen atoms in total. The number of aromatic nitrogens is 1. The van der Waals surface area contributed by atoms with Gasteiger partial charge in [0.15, 0.2) is 0 Å². The third-order valence-electron chi connectivity index (χ3n) is 3.92. The molecule has 2 heterocycles. The molecule has 136 valence electrons. The summed E-state index contributed by atoms with van der Waals surface area (Å²) in [5, 5.41) is 0. The molecule has 2 N–H and O–H groups in total. The van der Waals surface area contributed by atoms with Crippen molar-refractivity contribution in [3.05, 3.63) is 52.6 Å². The van der Waals surface area contributed by atoms with Gasteiger partial charge in [-0.05, 0) is 49.2 Å². The number of ether oxygens (including phenoxy) is 1. The third kappa shape index (κ3) is 5.31. The summed E-state index contributed by atoms with van der Waals surface area (Å²) in [6, 6.07) is 10.9. The first-order chi connectivity index (χ1) is 11.2. The van der Waals surface area contributed by atoms with Crippen LogP contribution in [0.4, 0.5) is 0 Å². The highest BCUT2D eigenvalue weighted by atomic mass is 79.9. The van der Waals surface area contributed by atoms with E-state index in [1.165, 1.54) is 0 Å². The Bertz CT molecular complexity index is 718. The zero-order valence-electron chi connectivity index (χ0n) is 13.4. The van der Waals surface area contributed by atoms with Crippen molar-refractivity contribution in [1.29, 1.82) is 0 Å². The fraction of sp³-hybridized carbons (Fsp3) is 0.294. The summed E-state index contributed by atoms with van der Waals surface area (Å²) in [6.45, 7) is 2.03. The second-order valence-electron chi connectivity index (χ2n) is 5.56. The number of hydrogen-bond acceptors (Lipinski definition) is 4. The number of amides is 1. The molecular weight excluding hydrogens is 429 g/mol. The molecule has 1 aliphatic heterocycles. The van der Waals surface area contributed by atoms with E-state index in [1.807, 2.05) is 29.2 Å². The number of nitrogens with zero attached hydrogens (tertiary/aromatic N) is 2. The number of benzene rings is 1. The van der Waals surface area contributed by atoms with E-state index in [0.717, 1.165) is 17.4 Å². The van der Waals surface area contributed by atoms with Gasteiger partial charge < -0.3 is 15.4 Å². The number of hydrogen-bond donors (Lipinski definition) is 1. The smallest absolute Gasteiger partial charge is 0.259 e. The molecule has 1 amide bonds. The maximum absolute atomic E-state index is 12.7. The van der Waals surface area contributed by atoms with Crippen LogP contribution in [0.15, 0.2) is 47.1 Å². The zero-order valence-corrected chi connectivity index (χ0v) is 16.6. The van der Waals surface area contributed by atoms with Gasteiger partial charge in [0.2, 0.25) is 5.88 Å². The van der Waals surface area contributed by atoms with E-state index in [9.17, 15) is 4.79 Å². The van der Waals surface area contributed by atoms with Crippen LogP contribution < -0.4 is 10.5 Å². The summed E-state index contributed by atoms with van der Waals surface area (Å²) in [7, 11) is 0. The minimum atomic E-state index is -0.0564.